The topological polar surface area (TPSA) is 71.4 Å². The maximum absolute atomic E-state index is 12.4. The normalized spacial score (nSPS) is 14.8. The number of hydrogen-bond donors (Lipinski definition) is 1. The summed E-state index contributed by atoms with van der Waals surface area (Å²) in [6.45, 7) is 1.13. The van der Waals surface area contributed by atoms with Crippen LogP contribution in [0.15, 0.2) is 41.4 Å². The van der Waals surface area contributed by atoms with E-state index in [0.717, 1.165) is 0 Å². The summed E-state index contributed by atoms with van der Waals surface area (Å²) in [7, 11) is -2.07. The third-order valence-corrected chi connectivity index (χ3v) is 5.08. The molecular weight excluding hydrogens is 326 g/mol. The number of nitrogens with one attached hydrogen (secondary N) is 1. The van der Waals surface area contributed by atoms with Crippen molar-refractivity contribution in [3.63, 3.8) is 0 Å². The molecule has 8 heteroatoms. The zero-order valence-electron chi connectivity index (χ0n) is 11.8. The van der Waals surface area contributed by atoms with Crippen LogP contribution >= 0.6 is 11.6 Å². The SMILES string of the molecule is CN1CCn2cc(S(=O)(=O)Nc3cccc(Cl)c3)cc2C1=O. The van der Waals surface area contributed by atoms with E-state index in [1.54, 1.807) is 34.7 Å². The summed E-state index contributed by atoms with van der Waals surface area (Å²) in [5.41, 5.74) is 0.750. The van der Waals surface area contributed by atoms with Gasteiger partial charge in [0.1, 0.15) is 10.6 Å². The predicted octanol–water partition coefficient (Wildman–Crippen LogP) is 2.03. The highest BCUT2D eigenvalue weighted by molar-refractivity contribution is 7.92. The molecule has 0 bridgehead atoms. The number of amides is 1. The van der Waals surface area contributed by atoms with Crippen molar-refractivity contribution in [1.29, 1.82) is 0 Å². The second kappa shape index (κ2) is 5.33. The molecule has 116 valence electrons. The number of benzene rings is 1. The molecule has 1 N–H and O–H groups in total. The third kappa shape index (κ3) is 2.69. The van der Waals surface area contributed by atoms with E-state index in [1.807, 2.05) is 0 Å². The van der Waals surface area contributed by atoms with Crippen LogP contribution in [-0.4, -0.2) is 37.4 Å². The highest BCUT2D eigenvalue weighted by Crippen LogP contribution is 2.23. The molecule has 1 amide bonds. The van der Waals surface area contributed by atoms with E-state index in [1.165, 1.54) is 18.3 Å². The number of hydrogen-bond acceptors (Lipinski definition) is 3. The molecule has 0 atom stereocenters. The average molecular weight is 340 g/mol. The van der Waals surface area contributed by atoms with Crippen molar-refractivity contribution in [2.24, 2.45) is 0 Å². The Hall–Kier alpha value is -1.99. The van der Waals surface area contributed by atoms with Crippen molar-refractivity contribution >= 4 is 33.2 Å². The molecule has 2 aromatic rings. The predicted molar refractivity (Wildman–Crippen MR) is 83.7 cm³/mol. The van der Waals surface area contributed by atoms with Crippen LogP contribution in [0.1, 0.15) is 10.5 Å². The Balaban J connectivity index is 1.94. The summed E-state index contributed by atoms with van der Waals surface area (Å²) in [5, 5.41) is 0.438. The van der Waals surface area contributed by atoms with E-state index in [4.69, 9.17) is 11.6 Å². The molecule has 1 aliphatic heterocycles. The van der Waals surface area contributed by atoms with Crippen molar-refractivity contribution in [3.8, 4) is 0 Å². The van der Waals surface area contributed by atoms with E-state index < -0.39 is 10.0 Å². The van der Waals surface area contributed by atoms with Crippen LogP contribution in [0, 0.1) is 0 Å². The number of fused-ring (bicyclic) bond motifs is 1. The number of carbonyl (C=O) groups is 1. The van der Waals surface area contributed by atoms with Crippen molar-refractivity contribution in [2.75, 3.05) is 18.3 Å². The number of halogens is 1. The summed E-state index contributed by atoms with van der Waals surface area (Å²) >= 11 is 5.85. The molecule has 0 spiro atoms. The van der Waals surface area contributed by atoms with Gasteiger partial charge in [-0.05, 0) is 24.3 Å². The summed E-state index contributed by atoms with van der Waals surface area (Å²) in [5.74, 6) is -0.185. The number of nitrogens with zero attached hydrogens (tertiary/aromatic N) is 2. The average Bonchev–Trinajstić information content (AvgIpc) is 2.88. The molecule has 6 nitrogen and oxygen atoms in total. The highest BCUT2D eigenvalue weighted by Gasteiger charge is 2.26. The first-order chi connectivity index (χ1) is 10.4. The fraction of sp³-hybridized carbons (Fsp3) is 0.214. The zero-order chi connectivity index (χ0) is 15.9. The fourth-order valence-electron chi connectivity index (χ4n) is 2.32. The fourth-order valence-corrected chi connectivity index (χ4v) is 3.59. The summed E-state index contributed by atoms with van der Waals surface area (Å²) in [6.07, 6.45) is 1.48. The molecule has 0 radical (unpaired) electrons. The van der Waals surface area contributed by atoms with Gasteiger partial charge in [0.25, 0.3) is 15.9 Å². The van der Waals surface area contributed by atoms with Crippen LogP contribution in [-0.2, 0) is 16.6 Å². The minimum atomic E-state index is -3.77. The molecule has 2 heterocycles. The minimum absolute atomic E-state index is 0.0612. The Kier molecular flexibility index (Phi) is 3.62. The lowest BCUT2D eigenvalue weighted by atomic mass is 10.3. The van der Waals surface area contributed by atoms with Gasteiger partial charge in [0, 0.05) is 31.4 Å². The number of likely N-dealkylation sites (N-methyl/N-ethyl adjacent to an activating group) is 1. The smallest absolute Gasteiger partial charge is 0.270 e. The van der Waals surface area contributed by atoms with Crippen LogP contribution in [0.4, 0.5) is 5.69 Å². The minimum Gasteiger partial charge on any atom is -0.340 e. The van der Waals surface area contributed by atoms with E-state index in [-0.39, 0.29) is 10.8 Å². The Morgan fingerprint density at radius 1 is 1.23 bits per heavy atom. The van der Waals surface area contributed by atoms with Gasteiger partial charge in [-0.3, -0.25) is 9.52 Å². The molecular formula is C14H14ClN3O3S. The van der Waals surface area contributed by atoms with Gasteiger partial charge in [-0.1, -0.05) is 17.7 Å². The van der Waals surface area contributed by atoms with Crippen molar-refractivity contribution < 1.29 is 13.2 Å². The van der Waals surface area contributed by atoms with Gasteiger partial charge in [-0.15, -0.1) is 0 Å². The highest BCUT2D eigenvalue weighted by atomic mass is 35.5. The quantitative estimate of drug-likeness (QED) is 0.930. The molecule has 1 aromatic carbocycles. The standard InChI is InChI=1S/C14H14ClN3O3S/c1-17-5-6-18-9-12(8-13(18)14(17)19)22(20,21)16-11-4-2-3-10(15)7-11/h2-4,7-9,16H,5-6H2,1H3. The summed E-state index contributed by atoms with van der Waals surface area (Å²) in [6, 6.07) is 7.84. The van der Waals surface area contributed by atoms with E-state index in [2.05, 4.69) is 4.72 Å². The van der Waals surface area contributed by atoms with Crippen LogP contribution in [0.25, 0.3) is 0 Å². The lowest BCUT2D eigenvalue weighted by Crippen LogP contribution is -2.36. The second-order valence-corrected chi connectivity index (χ2v) is 7.22. The van der Waals surface area contributed by atoms with E-state index in [0.29, 0.717) is 29.5 Å². The molecule has 22 heavy (non-hydrogen) atoms. The molecule has 1 aliphatic rings. The summed E-state index contributed by atoms with van der Waals surface area (Å²) < 4.78 is 29.0. The number of carbonyl (C=O) groups excluding carboxylic acids is 1. The Morgan fingerprint density at radius 2 is 2.00 bits per heavy atom. The Labute approximate surface area is 133 Å². The molecule has 0 saturated heterocycles. The van der Waals surface area contributed by atoms with Gasteiger partial charge in [0.2, 0.25) is 0 Å². The third-order valence-electron chi connectivity index (χ3n) is 3.50. The molecule has 0 fully saturated rings. The maximum atomic E-state index is 12.4. The van der Waals surface area contributed by atoms with E-state index >= 15 is 0 Å². The van der Waals surface area contributed by atoms with Gasteiger partial charge in [-0.25, -0.2) is 8.42 Å². The van der Waals surface area contributed by atoms with Crippen LogP contribution in [0.5, 0.6) is 0 Å². The largest absolute Gasteiger partial charge is 0.340 e. The van der Waals surface area contributed by atoms with Gasteiger partial charge in [-0.2, -0.15) is 0 Å². The van der Waals surface area contributed by atoms with Crippen LogP contribution in [0.2, 0.25) is 5.02 Å². The first-order valence-electron chi connectivity index (χ1n) is 6.61. The van der Waals surface area contributed by atoms with E-state index in [9.17, 15) is 13.2 Å². The van der Waals surface area contributed by atoms with Crippen molar-refractivity contribution in [1.82, 2.24) is 9.47 Å². The first kappa shape index (κ1) is 14.9. The molecule has 0 saturated carbocycles. The van der Waals surface area contributed by atoms with Crippen molar-refractivity contribution in [2.45, 2.75) is 11.4 Å². The summed E-state index contributed by atoms with van der Waals surface area (Å²) in [4.78, 5) is 13.7. The zero-order valence-corrected chi connectivity index (χ0v) is 13.4. The van der Waals surface area contributed by atoms with Crippen LogP contribution in [0.3, 0.4) is 0 Å². The Bertz CT molecular complexity index is 845. The van der Waals surface area contributed by atoms with Gasteiger partial charge >= 0.3 is 0 Å². The van der Waals surface area contributed by atoms with Crippen LogP contribution < -0.4 is 4.72 Å². The van der Waals surface area contributed by atoms with Gasteiger partial charge < -0.3 is 9.47 Å². The molecule has 0 aliphatic carbocycles. The lowest BCUT2D eigenvalue weighted by molar-refractivity contribution is 0.0749. The number of sulfonamides is 1. The van der Waals surface area contributed by atoms with Gasteiger partial charge in [0.05, 0.1) is 5.69 Å². The molecule has 0 unspecified atom stereocenters. The lowest BCUT2D eigenvalue weighted by Gasteiger charge is -2.23. The molecule has 3 rings (SSSR count). The van der Waals surface area contributed by atoms with Gasteiger partial charge in [0.15, 0.2) is 0 Å². The monoisotopic (exact) mass is 339 g/mol. The number of anilines is 1. The maximum Gasteiger partial charge on any atom is 0.270 e. The number of rotatable bonds is 3. The first-order valence-corrected chi connectivity index (χ1v) is 8.47. The molecule has 1 aromatic heterocycles. The number of aromatic nitrogens is 1. The second-order valence-electron chi connectivity index (χ2n) is 5.10. The Morgan fingerprint density at radius 3 is 2.73 bits per heavy atom. The van der Waals surface area contributed by atoms with Crippen molar-refractivity contribution in [3.05, 3.63) is 47.2 Å².